The van der Waals surface area contributed by atoms with Gasteiger partial charge in [0.2, 0.25) is 0 Å². The average Bonchev–Trinajstić information content (AvgIpc) is 2.39. The van der Waals surface area contributed by atoms with Crippen molar-refractivity contribution in [3.05, 3.63) is 22.4 Å². The second-order valence-corrected chi connectivity index (χ2v) is 3.00. The summed E-state index contributed by atoms with van der Waals surface area (Å²) in [4.78, 5) is 11.1. The van der Waals surface area contributed by atoms with Crippen LogP contribution in [0.2, 0.25) is 0 Å². The first-order valence-corrected chi connectivity index (χ1v) is 3.99. The van der Waals surface area contributed by atoms with Crippen molar-refractivity contribution in [3.63, 3.8) is 0 Å². The number of hydrogen-bond donors (Lipinski definition) is 1. The van der Waals surface area contributed by atoms with Gasteiger partial charge >= 0.3 is 5.97 Å². The van der Waals surface area contributed by atoms with E-state index >= 15 is 0 Å². The maximum atomic E-state index is 10.0. The molecule has 11 heavy (non-hydrogen) atoms. The van der Waals surface area contributed by atoms with Crippen LogP contribution in [0.3, 0.4) is 0 Å². The third kappa shape index (κ3) is 3.15. The number of carboxylic acid groups (broad SMARTS) is 1. The van der Waals surface area contributed by atoms with Gasteiger partial charge in [0.1, 0.15) is 6.61 Å². The highest BCUT2D eigenvalue weighted by Gasteiger charge is 1.97. The summed E-state index contributed by atoms with van der Waals surface area (Å²) >= 11 is 1.56. The molecule has 0 aliphatic carbocycles. The van der Waals surface area contributed by atoms with Crippen LogP contribution in [-0.4, -0.2) is 17.7 Å². The molecule has 0 fully saturated rings. The Hall–Kier alpha value is -0.870. The van der Waals surface area contributed by atoms with E-state index in [1.54, 1.807) is 11.3 Å². The van der Waals surface area contributed by atoms with Crippen LogP contribution < -0.4 is 0 Å². The molecule has 0 radical (unpaired) electrons. The zero-order valence-electron chi connectivity index (χ0n) is 5.82. The molecule has 60 valence electrons. The van der Waals surface area contributed by atoms with Gasteiger partial charge in [-0.15, -0.1) is 11.3 Å². The normalized spacial score (nSPS) is 9.82. The first-order valence-electron chi connectivity index (χ1n) is 3.11. The fourth-order valence-corrected chi connectivity index (χ4v) is 1.27. The van der Waals surface area contributed by atoms with Crippen molar-refractivity contribution in [1.29, 1.82) is 0 Å². The number of carbonyl (C=O) groups is 1. The second-order valence-electron chi connectivity index (χ2n) is 1.97. The highest BCUT2D eigenvalue weighted by atomic mass is 32.1. The Morgan fingerprint density at radius 2 is 2.55 bits per heavy atom. The Kier molecular flexibility index (Phi) is 3.07. The molecule has 1 aromatic rings. The second kappa shape index (κ2) is 4.10. The van der Waals surface area contributed by atoms with Crippen LogP contribution in [0.1, 0.15) is 4.88 Å². The van der Waals surface area contributed by atoms with Crippen LogP contribution in [0.5, 0.6) is 0 Å². The number of ether oxygens (including phenoxy) is 1. The molecule has 0 aromatic carbocycles. The average molecular weight is 172 g/mol. The van der Waals surface area contributed by atoms with Crippen molar-refractivity contribution in [1.82, 2.24) is 0 Å². The summed E-state index contributed by atoms with van der Waals surface area (Å²) in [5.41, 5.74) is 0. The van der Waals surface area contributed by atoms with E-state index in [4.69, 9.17) is 9.84 Å². The molecule has 0 saturated heterocycles. The van der Waals surface area contributed by atoms with Gasteiger partial charge < -0.3 is 9.84 Å². The molecule has 1 rings (SSSR count). The summed E-state index contributed by atoms with van der Waals surface area (Å²) in [6.07, 6.45) is 0. The van der Waals surface area contributed by atoms with Gasteiger partial charge in [-0.05, 0) is 11.4 Å². The van der Waals surface area contributed by atoms with Gasteiger partial charge in [-0.25, -0.2) is 4.79 Å². The van der Waals surface area contributed by atoms with E-state index in [1.807, 2.05) is 17.5 Å². The van der Waals surface area contributed by atoms with Crippen molar-refractivity contribution in [2.45, 2.75) is 6.61 Å². The SMILES string of the molecule is O=C(O)COCc1cccs1. The zero-order valence-corrected chi connectivity index (χ0v) is 6.63. The Bertz CT molecular complexity index is 218. The van der Waals surface area contributed by atoms with Gasteiger partial charge in [-0.2, -0.15) is 0 Å². The lowest BCUT2D eigenvalue weighted by Gasteiger charge is -1.96. The van der Waals surface area contributed by atoms with E-state index in [2.05, 4.69) is 0 Å². The molecule has 0 aliphatic heterocycles. The molecule has 0 atom stereocenters. The maximum absolute atomic E-state index is 10.0. The quantitative estimate of drug-likeness (QED) is 0.745. The van der Waals surface area contributed by atoms with Crippen molar-refractivity contribution in [2.24, 2.45) is 0 Å². The Balaban J connectivity index is 2.19. The highest BCUT2D eigenvalue weighted by molar-refractivity contribution is 7.09. The fraction of sp³-hybridized carbons (Fsp3) is 0.286. The van der Waals surface area contributed by atoms with Gasteiger partial charge in [0, 0.05) is 4.88 Å². The van der Waals surface area contributed by atoms with Gasteiger partial charge in [0.05, 0.1) is 6.61 Å². The molecular formula is C7H8O3S. The summed E-state index contributed by atoms with van der Waals surface area (Å²) in [6, 6.07) is 3.82. The third-order valence-electron chi connectivity index (χ3n) is 1.05. The third-order valence-corrected chi connectivity index (χ3v) is 1.90. The van der Waals surface area contributed by atoms with E-state index in [0.717, 1.165) is 4.88 Å². The van der Waals surface area contributed by atoms with Crippen molar-refractivity contribution in [3.8, 4) is 0 Å². The molecular weight excluding hydrogens is 164 g/mol. The van der Waals surface area contributed by atoms with Gasteiger partial charge in [0.15, 0.2) is 0 Å². The molecule has 4 heteroatoms. The number of rotatable bonds is 4. The largest absolute Gasteiger partial charge is 0.480 e. The van der Waals surface area contributed by atoms with Crippen LogP contribution in [0, 0.1) is 0 Å². The number of aliphatic carboxylic acids is 1. The lowest BCUT2D eigenvalue weighted by atomic mass is 10.5. The molecule has 1 N–H and O–H groups in total. The zero-order chi connectivity index (χ0) is 8.10. The van der Waals surface area contributed by atoms with Crippen LogP contribution in [0.15, 0.2) is 17.5 Å². The van der Waals surface area contributed by atoms with E-state index < -0.39 is 5.97 Å². The summed E-state index contributed by atoms with van der Waals surface area (Å²) in [7, 11) is 0. The Morgan fingerprint density at radius 3 is 3.09 bits per heavy atom. The van der Waals surface area contributed by atoms with Crippen LogP contribution in [0.4, 0.5) is 0 Å². The summed E-state index contributed by atoms with van der Waals surface area (Å²) < 4.78 is 4.85. The van der Waals surface area contributed by atoms with Gasteiger partial charge in [-0.3, -0.25) is 0 Å². The summed E-state index contributed by atoms with van der Waals surface area (Å²) in [5.74, 6) is -0.929. The molecule has 0 unspecified atom stereocenters. The van der Waals surface area contributed by atoms with Crippen LogP contribution >= 0.6 is 11.3 Å². The van der Waals surface area contributed by atoms with E-state index in [0.29, 0.717) is 6.61 Å². The molecule has 0 saturated carbocycles. The van der Waals surface area contributed by atoms with E-state index in [9.17, 15) is 4.79 Å². The van der Waals surface area contributed by atoms with Crippen molar-refractivity contribution in [2.75, 3.05) is 6.61 Å². The first kappa shape index (κ1) is 8.23. The van der Waals surface area contributed by atoms with Gasteiger partial charge in [-0.1, -0.05) is 6.07 Å². The smallest absolute Gasteiger partial charge is 0.329 e. The van der Waals surface area contributed by atoms with Crippen molar-refractivity contribution >= 4 is 17.3 Å². The summed E-state index contributed by atoms with van der Waals surface area (Å²) in [5, 5.41) is 10.2. The number of hydrogen-bond acceptors (Lipinski definition) is 3. The molecule has 0 spiro atoms. The molecule has 0 bridgehead atoms. The van der Waals surface area contributed by atoms with Crippen LogP contribution in [-0.2, 0) is 16.1 Å². The number of carboxylic acids is 1. The Morgan fingerprint density at radius 1 is 1.73 bits per heavy atom. The number of thiophene rings is 1. The first-order chi connectivity index (χ1) is 5.29. The Labute approximate surface area is 68.2 Å². The minimum Gasteiger partial charge on any atom is -0.480 e. The van der Waals surface area contributed by atoms with Gasteiger partial charge in [0.25, 0.3) is 0 Å². The molecule has 3 nitrogen and oxygen atoms in total. The van der Waals surface area contributed by atoms with E-state index in [-0.39, 0.29) is 6.61 Å². The summed E-state index contributed by atoms with van der Waals surface area (Å²) in [6.45, 7) is 0.169. The molecule has 0 amide bonds. The lowest BCUT2D eigenvalue weighted by molar-refractivity contribution is -0.142. The lowest BCUT2D eigenvalue weighted by Crippen LogP contribution is -2.05. The minimum absolute atomic E-state index is 0.224. The van der Waals surface area contributed by atoms with Crippen LogP contribution in [0.25, 0.3) is 0 Å². The minimum atomic E-state index is -0.929. The fourth-order valence-electron chi connectivity index (χ4n) is 0.634. The topological polar surface area (TPSA) is 46.5 Å². The van der Waals surface area contributed by atoms with E-state index in [1.165, 1.54) is 0 Å². The maximum Gasteiger partial charge on any atom is 0.329 e. The molecule has 0 aliphatic rings. The highest BCUT2D eigenvalue weighted by Crippen LogP contribution is 2.08. The monoisotopic (exact) mass is 172 g/mol. The predicted octanol–water partition coefficient (Wildman–Crippen LogP) is 1.35. The molecule has 1 aromatic heterocycles. The standard InChI is InChI=1S/C7H8O3S/c8-7(9)5-10-4-6-2-1-3-11-6/h1-3H,4-5H2,(H,8,9). The molecule has 1 heterocycles. The van der Waals surface area contributed by atoms with Crippen molar-refractivity contribution < 1.29 is 14.6 Å². The predicted molar refractivity (Wildman–Crippen MR) is 41.6 cm³/mol.